The maximum Gasteiger partial charge on any atom is 0.185 e. The second-order valence-electron chi connectivity index (χ2n) is 7.01. The third-order valence-corrected chi connectivity index (χ3v) is 5.72. The zero-order valence-electron chi connectivity index (χ0n) is 14.0. The van der Waals surface area contributed by atoms with Gasteiger partial charge in [-0.3, -0.25) is 0 Å². The number of thioether (sulfide) groups is 1. The van der Waals surface area contributed by atoms with E-state index >= 15 is 0 Å². The molecule has 2 rings (SSSR count). The molecule has 0 radical (unpaired) electrons. The molecule has 0 unspecified atom stereocenters. The topological polar surface area (TPSA) is 28.2 Å². The average Bonchev–Trinajstić information content (AvgIpc) is 2.64. The van der Waals surface area contributed by atoms with E-state index in [-0.39, 0.29) is 5.41 Å². The molecule has 1 N–H and O–H groups in total. The lowest BCUT2D eigenvalue weighted by molar-refractivity contribution is 0.545. The summed E-state index contributed by atoms with van der Waals surface area (Å²) in [4.78, 5) is 8.91. The molecule has 1 aliphatic heterocycles. The van der Waals surface area contributed by atoms with Crippen LogP contribution in [0.1, 0.15) is 51.6 Å². The van der Waals surface area contributed by atoms with E-state index in [1.54, 1.807) is 0 Å². The van der Waals surface area contributed by atoms with Crippen molar-refractivity contribution >= 4 is 28.2 Å². The average molecular weight is 328 g/mol. The van der Waals surface area contributed by atoms with Crippen LogP contribution in [0.5, 0.6) is 0 Å². The Balaban J connectivity index is 2.22. The lowest BCUT2D eigenvalue weighted by Gasteiger charge is -2.20. The fourth-order valence-corrected chi connectivity index (χ4v) is 4.57. The van der Waals surface area contributed by atoms with Crippen LogP contribution in [0.25, 0.3) is 0 Å². The Bertz CT molecular complexity index is 441. The highest BCUT2D eigenvalue weighted by Crippen LogP contribution is 2.34. The zero-order chi connectivity index (χ0) is 15.5. The number of nitrogens with zero attached hydrogens (tertiary/aromatic N) is 2. The molecule has 0 amide bonds. The molecule has 0 aliphatic carbocycles. The summed E-state index contributed by atoms with van der Waals surface area (Å²) in [5, 5.41) is 4.78. The largest absolute Gasteiger partial charge is 0.347 e. The Labute approximate surface area is 137 Å². The molecule has 1 aromatic rings. The highest BCUT2D eigenvalue weighted by Gasteiger charge is 2.25. The molecule has 1 saturated heterocycles. The maximum atomic E-state index is 5.02. The minimum Gasteiger partial charge on any atom is -0.347 e. The number of anilines is 1. The SMILES string of the molecule is CC(C)NCc1sc(N2CCCSCC2)nc1C(C)(C)C. The van der Waals surface area contributed by atoms with Crippen molar-refractivity contribution < 1.29 is 0 Å². The molecule has 2 heterocycles. The fraction of sp³-hybridized carbons (Fsp3) is 0.812. The molecule has 0 bridgehead atoms. The van der Waals surface area contributed by atoms with Crippen molar-refractivity contribution in [3.63, 3.8) is 0 Å². The van der Waals surface area contributed by atoms with Crippen LogP contribution in [0.15, 0.2) is 0 Å². The van der Waals surface area contributed by atoms with Gasteiger partial charge in [-0.15, -0.1) is 11.3 Å². The van der Waals surface area contributed by atoms with E-state index in [1.165, 1.54) is 33.6 Å². The Morgan fingerprint density at radius 2 is 2.00 bits per heavy atom. The van der Waals surface area contributed by atoms with Crippen molar-refractivity contribution in [1.82, 2.24) is 10.3 Å². The van der Waals surface area contributed by atoms with Gasteiger partial charge in [-0.05, 0) is 12.2 Å². The van der Waals surface area contributed by atoms with Crippen molar-refractivity contribution in [1.29, 1.82) is 0 Å². The molecule has 120 valence electrons. The van der Waals surface area contributed by atoms with Gasteiger partial charge in [-0.2, -0.15) is 11.8 Å². The highest BCUT2D eigenvalue weighted by atomic mass is 32.2. The predicted octanol–water partition coefficient (Wildman–Crippen LogP) is 3.88. The zero-order valence-corrected chi connectivity index (χ0v) is 15.7. The Morgan fingerprint density at radius 3 is 2.67 bits per heavy atom. The number of aromatic nitrogens is 1. The van der Waals surface area contributed by atoms with Gasteiger partial charge >= 0.3 is 0 Å². The van der Waals surface area contributed by atoms with Crippen LogP contribution in [-0.2, 0) is 12.0 Å². The van der Waals surface area contributed by atoms with Crippen LogP contribution < -0.4 is 10.2 Å². The molecular weight excluding hydrogens is 298 g/mol. The van der Waals surface area contributed by atoms with Gasteiger partial charge in [0.2, 0.25) is 0 Å². The molecular formula is C16H29N3S2. The number of hydrogen-bond donors (Lipinski definition) is 1. The molecule has 0 spiro atoms. The van der Waals surface area contributed by atoms with Crippen molar-refractivity contribution in [2.24, 2.45) is 0 Å². The standard InChI is InChI=1S/C16H29N3S2/c1-12(2)17-11-13-14(16(3,4)5)18-15(21-13)19-7-6-9-20-10-8-19/h12,17H,6-11H2,1-5H3. The monoisotopic (exact) mass is 327 g/mol. The number of hydrogen-bond acceptors (Lipinski definition) is 5. The van der Waals surface area contributed by atoms with E-state index in [2.05, 4.69) is 56.6 Å². The number of rotatable bonds is 4. The van der Waals surface area contributed by atoms with Crippen LogP contribution >= 0.6 is 23.1 Å². The molecule has 0 aromatic carbocycles. The van der Waals surface area contributed by atoms with Gasteiger partial charge in [0, 0.05) is 41.7 Å². The number of thiazole rings is 1. The summed E-state index contributed by atoms with van der Waals surface area (Å²) >= 11 is 3.95. The van der Waals surface area contributed by atoms with Gasteiger partial charge < -0.3 is 10.2 Å². The summed E-state index contributed by atoms with van der Waals surface area (Å²) in [7, 11) is 0. The molecule has 0 saturated carbocycles. The first-order chi connectivity index (χ1) is 9.88. The normalized spacial score (nSPS) is 17.3. The number of nitrogens with one attached hydrogen (secondary N) is 1. The van der Waals surface area contributed by atoms with Crippen LogP contribution in [0, 0.1) is 0 Å². The smallest absolute Gasteiger partial charge is 0.185 e. The lowest BCUT2D eigenvalue weighted by Crippen LogP contribution is -2.25. The van der Waals surface area contributed by atoms with Crippen LogP contribution in [0.2, 0.25) is 0 Å². The van der Waals surface area contributed by atoms with Gasteiger partial charge in [0.25, 0.3) is 0 Å². The van der Waals surface area contributed by atoms with Crippen LogP contribution in [0.3, 0.4) is 0 Å². The third kappa shape index (κ3) is 4.86. The molecule has 1 aromatic heterocycles. The second-order valence-corrected chi connectivity index (χ2v) is 9.29. The van der Waals surface area contributed by atoms with Gasteiger partial charge in [0.05, 0.1) is 5.69 Å². The van der Waals surface area contributed by atoms with Gasteiger partial charge in [-0.1, -0.05) is 34.6 Å². The minimum absolute atomic E-state index is 0.114. The highest BCUT2D eigenvalue weighted by molar-refractivity contribution is 7.99. The first kappa shape index (κ1) is 17.1. The van der Waals surface area contributed by atoms with E-state index in [1.807, 2.05) is 11.3 Å². The fourth-order valence-electron chi connectivity index (χ4n) is 2.41. The first-order valence-electron chi connectivity index (χ1n) is 7.94. The van der Waals surface area contributed by atoms with E-state index in [0.29, 0.717) is 6.04 Å². The van der Waals surface area contributed by atoms with E-state index < -0.39 is 0 Å². The van der Waals surface area contributed by atoms with Crippen LogP contribution in [0.4, 0.5) is 5.13 Å². The minimum atomic E-state index is 0.114. The molecule has 3 nitrogen and oxygen atoms in total. The summed E-state index contributed by atoms with van der Waals surface area (Å²) in [6.07, 6.45) is 1.27. The van der Waals surface area contributed by atoms with Gasteiger partial charge in [0.15, 0.2) is 5.13 Å². The lowest BCUT2D eigenvalue weighted by atomic mass is 9.91. The Kier molecular flexibility index (Phi) is 5.97. The summed E-state index contributed by atoms with van der Waals surface area (Å²) in [5.74, 6) is 2.51. The second kappa shape index (κ2) is 7.34. The summed E-state index contributed by atoms with van der Waals surface area (Å²) in [6.45, 7) is 14.4. The van der Waals surface area contributed by atoms with Crippen molar-refractivity contribution in [2.45, 2.75) is 59.0 Å². The van der Waals surface area contributed by atoms with E-state index in [9.17, 15) is 0 Å². The maximum absolute atomic E-state index is 5.02. The summed E-state index contributed by atoms with van der Waals surface area (Å²) in [5.41, 5.74) is 1.39. The molecule has 0 atom stereocenters. The Morgan fingerprint density at radius 1 is 1.24 bits per heavy atom. The van der Waals surface area contributed by atoms with Crippen molar-refractivity contribution in [2.75, 3.05) is 29.5 Å². The molecule has 1 fully saturated rings. The van der Waals surface area contributed by atoms with Crippen molar-refractivity contribution in [3.05, 3.63) is 10.6 Å². The summed E-state index contributed by atoms with van der Waals surface area (Å²) < 4.78 is 0. The quantitative estimate of drug-likeness (QED) is 0.908. The van der Waals surface area contributed by atoms with E-state index in [4.69, 9.17) is 4.98 Å². The van der Waals surface area contributed by atoms with Gasteiger partial charge in [0.1, 0.15) is 0 Å². The Hall–Kier alpha value is -0.260. The molecule has 5 heteroatoms. The van der Waals surface area contributed by atoms with Crippen molar-refractivity contribution in [3.8, 4) is 0 Å². The van der Waals surface area contributed by atoms with Gasteiger partial charge in [-0.25, -0.2) is 4.98 Å². The molecule has 21 heavy (non-hydrogen) atoms. The van der Waals surface area contributed by atoms with E-state index in [0.717, 1.165) is 19.6 Å². The predicted molar refractivity (Wildman–Crippen MR) is 96.9 cm³/mol. The first-order valence-corrected chi connectivity index (χ1v) is 9.91. The van der Waals surface area contributed by atoms with Crippen LogP contribution in [-0.4, -0.2) is 35.6 Å². The third-order valence-electron chi connectivity index (χ3n) is 3.56. The summed E-state index contributed by atoms with van der Waals surface area (Å²) in [6, 6.07) is 0.512. The molecule has 1 aliphatic rings.